The van der Waals surface area contributed by atoms with Gasteiger partial charge in [-0.3, -0.25) is 4.79 Å². The van der Waals surface area contributed by atoms with Crippen molar-refractivity contribution >= 4 is 5.97 Å². The molecule has 0 bridgehead atoms. The predicted molar refractivity (Wildman–Crippen MR) is 104 cm³/mol. The third-order valence-electron chi connectivity index (χ3n) is 5.92. The Bertz CT molecular complexity index is 445. The number of carbonyl (C=O) groups is 1. The minimum Gasteiger partial charge on any atom is -0.495 e. The highest BCUT2D eigenvalue weighted by molar-refractivity contribution is 5.69. The minimum absolute atomic E-state index is 0.0811. The molecule has 1 aliphatic carbocycles. The van der Waals surface area contributed by atoms with Crippen LogP contribution in [0.4, 0.5) is 0 Å². The highest BCUT2D eigenvalue weighted by Gasteiger charge is 2.44. The van der Waals surface area contributed by atoms with Gasteiger partial charge in [-0.1, -0.05) is 39.0 Å². The Kier molecular flexibility index (Phi) is 9.52. The zero-order chi connectivity index (χ0) is 18.8. The van der Waals surface area contributed by atoms with Gasteiger partial charge in [-0.25, -0.2) is 0 Å². The van der Waals surface area contributed by atoms with Crippen molar-refractivity contribution in [3.8, 4) is 0 Å². The van der Waals surface area contributed by atoms with Gasteiger partial charge in [0.05, 0.1) is 18.5 Å². The van der Waals surface area contributed by atoms with E-state index in [0.717, 1.165) is 57.1 Å². The molecular weight excluding hydrogens is 328 g/mol. The van der Waals surface area contributed by atoms with E-state index in [-0.39, 0.29) is 18.2 Å². The maximum Gasteiger partial charge on any atom is 0.305 e. The molecule has 4 nitrogen and oxygen atoms in total. The summed E-state index contributed by atoms with van der Waals surface area (Å²) in [5.74, 6) is 1.94. The van der Waals surface area contributed by atoms with E-state index >= 15 is 0 Å². The van der Waals surface area contributed by atoms with Crippen molar-refractivity contribution in [3.05, 3.63) is 11.8 Å². The van der Waals surface area contributed by atoms with Crippen LogP contribution in [0.25, 0.3) is 0 Å². The highest BCUT2D eigenvalue weighted by Crippen LogP contribution is 2.43. The Morgan fingerprint density at radius 2 is 2.00 bits per heavy atom. The van der Waals surface area contributed by atoms with Gasteiger partial charge in [0.2, 0.25) is 0 Å². The van der Waals surface area contributed by atoms with Crippen LogP contribution in [0.2, 0.25) is 0 Å². The number of esters is 1. The zero-order valence-corrected chi connectivity index (χ0v) is 16.8. The Morgan fingerprint density at radius 1 is 1.19 bits per heavy atom. The van der Waals surface area contributed by atoms with Crippen molar-refractivity contribution in [2.45, 2.75) is 103 Å². The molecule has 4 unspecified atom stereocenters. The molecule has 150 valence electrons. The molecule has 1 saturated carbocycles. The maximum atomic E-state index is 11.3. The van der Waals surface area contributed by atoms with Crippen molar-refractivity contribution in [1.82, 2.24) is 0 Å². The quantitative estimate of drug-likeness (QED) is 0.384. The Hall–Kier alpha value is -1.03. The number of hydrogen-bond acceptors (Lipinski definition) is 4. The molecule has 4 atom stereocenters. The summed E-state index contributed by atoms with van der Waals surface area (Å²) in [6.45, 7) is 4.54. The third-order valence-corrected chi connectivity index (χ3v) is 5.92. The summed E-state index contributed by atoms with van der Waals surface area (Å²) in [5, 5.41) is 10.5. The maximum absolute atomic E-state index is 11.3. The molecule has 0 spiro atoms. The van der Waals surface area contributed by atoms with Crippen LogP contribution in [0, 0.1) is 11.8 Å². The number of hydrogen-bond donors (Lipinski definition) is 1. The molecule has 2 rings (SSSR count). The number of carbonyl (C=O) groups excluding carboxylic acids is 1. The Morgan fingerprint density at radius 3 is 2.77 bits per heavy atom. The van der Waals surface area contributed by atoms with Crippen LogP contribution in [0.15, 0.2) is 11.8 Å². The molecule has 0 aromatic heterocycles. The number of aliphatic hydroxyl groups is 1. The van der Waals surface area contributed by atoms with Gasteiger partial charge in [-0.15, -0.1) is 0 Å². The van der Waals surface area contributed by atoms with Crippen molar-refractivity contribution in [2.24, 2.45) is 11.8 Å². The molecule has 0 saturated heterocycles. The molecule has 1 aliphatic heterocycles. The van der Waals surface area contributed by atoms with E-state index in [2.05, 4.69) is 13.0 Å². The zero-order valence-electron chi connectivity index (χ0n) is 16.8. The summed E-state index contributed by atoms with van der Waals surface area (Å²) < 4.78 is 11.2. The smallest absolute Gasteiger partial charge is 0.305 e. The summed E-state index contributed by atoms with van der Waals surface area (Å²) in [7, 11) is 0. The first kappa shape index (κ1) is 21.3. The third kappa shape index (κ3) is 6.61. The fourth-order valence-electron chi connectivity index (χ4n) is 4.47. The molecule has 0 aromatic carbocycles. The van der Waals surface area contributed by atoms with Crippen LogP contribution in [0.5, 0.6) is 0 Å². The summed E-state index contributed by atoms with van der Waals surface area (Å²) in [6.07, 6.45) is 14.7. The summed E-state index contributed by atoms with van der Waals surface area (Å²) in [5.41, 5.74) is 0. The lowest BCUT2D eigenvalue weighted by Gasteiger charge is -2.30. The lowest BCUT2D eigenvalue weighted by Crippen LogP contribution is -2.26. The predicted octanol–water partition coefficient (Wildman–Crippen LogP) is 5.14. The number of fused-ring (bicyclic) bond motifs is 1. The van der Waals surface area contributed by atoms with Gasteiger partial charge < -0.3 is 14.6 Å². The Balaban J connectivity index is 1.65. The number of rotatable bonds is 12. The van der Waals surface area contributed by atoms with Gasteiger partial charge in [-0.2, -0.15) is 0 Å². The Labute approximate surface area is 159 Å². The minimum atomic E-state index is -0.215. The molecule has 2 aliphatic rings. The molecule has 1 fully saturated rings. The van der Waals surface area contributed by atoms with E-state index in [4.69, 9.17) is 9.47 Å². The lowest BCUT2D eigenvalue weighted by molar-refractivity contribution is -0.143. The van der Waals surface area contributed by atoms with Crippen molar-refractivity contribution < 1.29 is 19.4 Å². The first-order valence-electron chi connectivity index (χ1n) is 10.8. The van der Waals surface area contributed by atoms with Gasteiger partial charge in [-0.05, 0) is 44.6 Å². The van der Waals surface area contributed by atoms with E-state index < -0.39 is 0 Å². The lowest BCUT2D eigenvalue weighted by atomic mass is 9.85. The van der Waals surface area contributed by atoms with E-state index in [1.54, 1.807) is 0 Å². The molecule has 26 heavy (non-hydrogen) atoms. The fourth-order valence-corrected chi connectivity index (χ4v) is 4.47. The summed E-state index contributed by atoms with van der Waals surface area (Å²) in [6, 6.07) is 0. The average Bonchev–Trinajstić information content (AvgIpc) is 2.93. The summed E-state index contributed by atoms with van der Waals surface area (Å²) in [4.78, 5) is 11.3. The second-order valence-corrected chi connectivity index (χ2v) is 7.91. The van der Waals surface area contributed by atoms with E-state index in [0.29, 0.717) is 24.9 Å². The topological polar surface area (TPSA) is 55.8 Å². The van der Waals surface area contributed by atoms with Gasteiger partial charge in [0.1, 0.15) is 6.10 Å². The second-order valence-electron chi connectivity index (χ2n) is 7.91. The van der Waals surface area contributed by atoms with Crippen LogP contribution in [0.3, 0.4) is 0 Å². The van der Waals surface area contributed by atoms with Crippen LogP contribution >= 0.6 is 0 Å². The highest BCUT2D eigenvalue weighted by atomic mass is 16.5. The number of ether oxygens (including phenoxy) is 2. The molecule has 0 aromatic rings. The standard InChI is InChI=1S/C22H38O4/c1-3-5-8-11-17-14-15-19-18(20(23)16-21(19)26-17)12-9-6-7-10-13-22(24)25-4-2/h14,18-21,23H,3-13,15-16H2,1-2H3. The monoisotopic (exact) mass is 366 g/mol. The summed E-state index contributed by atoms with van der Waals surface area (Å²) >= 11 is 0. The number of aliphatic hydroxyl groups excluding tert-OH is 1. The molecule has 0 radical (unpaired) electrons. The molecule has 4 heteroatoms. The number of unbranched alkanes of at least 4 members (excludes halogenated alkanes) is 5. The van der Waals surface area contributed by atoms with E-state index in [1.165, 1.54) is 19.3 Å². The van der Waals surface area contributed by atoms with Crippen LogP contribution in [-0.4, -0.2) is 29.9 Å². The molecular formula is C22H38O4. The SMILES string of the molecule is CCCCCC1=CCC2C(CC(O)C2CCCCCCC(=O)OCC)O1. The largest absolute Gasteiger partial charge is 0.495 e. The molecule has 1 heterocycles. The van der Waals surface area contributed by atoms with Gasteiger partial charge in [0.25, 0.3) is 0 Å². The van der Waals surface area contributed by atoms with Gasteiger partial charge in [0, 0.05) is 25.2 Å². The molecule has 0 amide bonds. The van der Waals surface area contributed by atoms with Crippen molar-refractivity contribution in [3.63, 3.8) is 0 Å². The van der Waals surface area contributed by atoms with Crippen molar-refractivity contribution in [1.29, 1.82) is 0 Å². The van der Waals surface area contributed by atoms with Crippen LogP contribution in [-0.2, 0) is 14.3 Å². The number of allylic oxidation sites excluding steroid dienone is 2. The average molecular weight is 367 g/mol. The molecule has 1 N–H and O–H groups in total. The first-order valence-corrected chi connectivity index (χ1v) is 10.8. The van der Waals surface area contributed by atoms with Crippen LogP contribution in [0.1, 0.15) is 90.9 Å². The second kappa shape index (κ2) is 11.6. The van der Waals surface area contributed by atoms with E-state index in [1.807, 2.05) is 6.92 Å². The normalized spacial score (nSPS) is 27.6. The first-order chi connectivity index (χ1) is 12.7. The van der Waals surface area contributed by atoms with Crippen LogP contribution < -0.4 is 0 Å². The fraction of sp³-hybridized carbons (Fsp3) is 0.864. The van der Waals surface area contributed by atoms with Gasteiger partial charge in [0.15, 0.2) is 0 Å². The van der Waals surface area contributed by atoms with Crippen molar-refractivity contribution in [2.75, 3.05) is 6.61 Å². The van der Waals surface area contributed by atoms with Gasteiger partial charge >= 0.3 is 5.97 Å². The van der Waals surface area contributed by atoms with E-state index in [9.17, 15) is 9.90 Å².